The van der Waals surface area contributed by atoms with Crippen LogP contribution in [0.15, 0.2) is 17.3 Å². The standard InChI is InChI=1S/C17H23N5O4S/c1-20-16-14(8-19-20)17(24)21(11-18-16)9-15(23)22(12-4-2-3-5-12)13-6-7-27(25,26)10-13/h8,11-13H,2-7,9-10H2,1H3. The molecule has 0 spiro atoms. The van der Waals surface area contributed by atoms with Crippen LogP contribution in [0, 0.1) is 0 Å². The number of sulfone groups is 1. The first-order valence-electron chi connectivity index (χ1n) is 9.24. The van der Waals surface area contributed by atoms with Crippen molar-refractivity contribution in [3.05, 3.63) is 22.9 Å². The summed E-state index contributed by atoms with van der Waals surface area (Å²) < 4.78 is 26.7. The van der Waals surface area contributed by atoms with Crippen molar-refractivity contribution >= 4 is 26.8 Å². The number of amides is 1. The van der Waals surface area contributed by atoms with Gasteiger partial charge < -0.3 is 4.90 Å². The van der Waals surface area contributed by atoms with Gasteiger partial charge in [-0.2, -0.15) is 5.10 Å². The molecular weight excluding hydrogens is 370 g/mol. The Morgan fingerprint density at radius 1 is 1.26 bits per heavy atom. The fourth-order valence-corrected chi connectivity index (χ4v) is 6.00. The van der Waals surface area contributed by atoms with E-state index < -0.39 is 9.84 Å². The Labute approximate surface area is 156 Å². The summed E-state index contributed by atoms with van der Waals surface area (Å²) in [4.78, 5) is 31.7. The van der Waals surface area contributed by atoms with Gasteiger partial charge in [-0.25, -0.2) is 13.4 Å². The molecule has 2 aliphatic rings. The third-order valence-electron chi connectivity index (χ3n) is 5.63. The molecule has 0 bridgehead atoms. The van der Waals surface area contributed by atoms with Crippen molar-refractivity contribution < 1.29 is 13.2 Å². The Morgan fingerprint density at radius 3 is 2.67 bits per heavy atom. The van der Waals surface area contributed by atoms with Gasteiger partial charge in [-0.15, -0.1) is 0 Å². The van der Waals surface area contributed by atoms with E-state index in [0.717, 1.165) is 25.7 Å². The summed E-state index contributed by atoms with van der Waals surface area (Å²) >= 11 is 0. The molecule has 27 heavy (non-hydrogen) atoms. The molecule has 2 aromatic heterocycles. The van der Waals surface area contributed by atoms with Gasteiger partial charge in [0.15, 0.2) is 15.5 Å². The second-order valence-corrected chi connectivity index (χ2v) is 9.71. The number of hydrogen-bond donors (Lipinski definition) is 0. The zero-order valence-corrected chi connectivity index (χ0v) is 16.1. The fraction of sp³-hybridized carbons (Fsp3) is 0.647. The molecule has 0 radical (unpaired) electrons. The highest BCUT2D eigenvalue weighted by molar-refractivity contribution is 7.91. The number of fused-ring (bicyclic) bond motifs is 1. The molecule has 146 valence electrons. The Hall–Kier alpha value is -2.23. The van der Waals surface area contributed by atoms with Crippen LogP contribution >= 0.6 is 0 Å². The van der Waals surface area contributed by atoms with E-state index in [0.29, 0.717) is 17.5 Å². The molecule has 3 heterocycles. The van der Waals surface area contributed by atoms with E-state index in [1.807, 2.05) is 0 Å². The molecule has 1 saturated carbocycles. The first kappa shape index (κ1) is 18.1. The van der Waals surface area contributed by atoms with Crippen LogP contribution in [0.4, 0.5) is 0 Å². The molecule has 0 N–H and O–H groups in total. The van der Waals surface area contributed by atoms with Crippen LogP contribution in [-0.4, -0.2) is 62.1 Å². The monoisotopic (exact) mass is 393 g/mol. The van der Waals surface area contributed by atoms with E-state index in [1.165, 1.54) is 21.8 Å². The molecular formula is C17H23N5O4S. The van der Waals surface area contributed by atoms with Crippen LogP contribution in [0.5, 0.6) is 0 Å². The van der Waals surface area contributed by atoms with Gasteiger partial charge in [0.25, 0.3) is 5.56 Å². The average Bonchev–Trinajstić information content (AvgIpc) is 3.33. The summed E-state index contributed by atoms with van der Waals surface area (Å²) in [6, 6.07) is -0.238. The Bertz CT molecular complexity index is 1040. The summed E-state index contributed by atoms with van der Waals surface area (Å²) in [5.74, 6) is -0.0717. The summed E-state index contributed by atoms with van der Waals surface area (Å²) in [7, 11) is -1.40. The number of carbonyl (C=O) groups excluding carboxylic acids is 1. The third kappa shape index (κ3) is 3.38. The molecule has 1 atom stereocenters. The molecule has 1 aliphatic carbocycles. The Kier molecular flexibility index (Phi) is 4.53. The van der Waals surface area contributed by atoms with Gasteiger partial charge in [-0.05, 0) is 19.3 Å². The highest BCUT2D eigenvalue weighted by Gasteiger charge is 2.39. The second kappa shape index (κ2) is 6.74. The normalized spacial score (nSPS) is 22.5. The van der Waals surface area contributed by atoms with Gasteiger partial charge in [0.2, 0.25) is 5.91 Å². The SMILES string of the molecule is Cn1ncc2c(=O)n(CC(=O)N(C3CCCC3)C3CCS(=O)(=O)C3)cnc21. The van der Waals surface area contributed by atoms with Gasteiger partial charge in [-0.3, -0.25) is 18.8 Å². The van der Waals surface area contributed by atoms with Crippen LogP contribution in [0.2, 0.25) is 0 Å². The molecule has 1 amide bonds. The lowest BCUT2D eigenvalue weighted by atomic mass is 10.1. The molecule has 1 aliphatic heterocycles. The molecule has 4 rings (SSSR count). The van der Waals surface area contributed by atoms with Crippen molar-refractivity contribution in [3.63, 3.8) is 0 Å². The minimum Gasteiger partial charge on any atom is -0.334 e. The Morgan fingerprint density at radius 2 is 2.00 bits per heavy atom. The fourth-order valence-electron chi connectivity index (χ4n) is 4.29. The van der Waals surface area contributed by atoms with E-state index >= 15 is 0 Å². The van der Waals surface area contributed by atoms with Crippen molar-refractivity contribution in [2.24, 2.45) is 7.05 Å². The quantitative estimate of drug-likeness (QED) is 0.729. The summed E-state index contributed by atoms with van der Waals surface area (Å²) in [5.41, 5.74) is 0.157. The van der Waals surface area contributed by atoms with Crippen molar-refractivity contribution in [2.45, 2.75) is 50.7 Å². The van der Waals surface area contributed by atoms with Gasteiger partial charge in [0.05, 0.1) is 17.7 Å². The van der Waals surface area contributed by atoms with E-state index in [9.17, 15) is 18.0 Å². The van der Waals surface area contributed by atoms with Crippen molar-refractivity contribution in [1.29, 1.82) is 0 Å². The first-order valence-corrected chi connectivity index (χ1v) is 11.1. The molecule has 9 nitrogen and oxygen atoms in total. The van der Waals surface area contributed by atoms with Crippen molar-refractivity contribution in [3.8, 4) is 0 Å². The minimum atomic E-state index is -3.10. The molecule has 2 fully saturated rings. The van der Waals surface area contributed by atoms with Crippen LogP contribution < -0.4 is 5.56 Å². The molecule has 1 unspecified atom stereocenters. The lowest BCUT2D eigenvalue weighted by molar-refractivity contribution is -0.136. The zero-order chi connectivity index (χ0) is 19.2. The maximum absolute atomic E-state index is 13.1. The van der Waals surface area contributed by atoms with Gasteiger partial charge in [0.1, 0.15) is 18.3 Å². The summed E-state index contributed by atoms with van der Waals surface area (Å²) in [5, 5.41) is 4.40. The first-order chi connectivity index (χ1) is 12.9. The van der Waals surface area contributed by atoms with Gasteiger partial charge in [0, 0.05) is 19.1 Å². The van der Waals surface area contributed by atoms with E-state index in [1.54, 1.807) is 11.9 Å². The minimum absolute atomic E-state index is 0.0179. The predicted octanol–water partition coefficient (Wildman–Crippen LogP) is 0.0883. The van der Waals surface area contributed by atoms with Crippen LogP contribution in [0.25, 0.3) is 11.0 Å². The number of carbonyl (C=O) groups is 1. The smallest absolute Gasteiger partial charge is 0.264 e. The topological polar surface area (TPSA) is 107 Å². The number of hydrogen-bond acceptors (Lipinski definition) is 6. The number of rotatable bonds is 4. The second-order valence-electron chi connectivity index (χ2n) is 7.48. The van der Waals surface area contributed by atoms with Crippen molar-refractivity contribution in [2.75, 3.05) is 11.5 Å². The van der Waals surface area contributed by atoms with E-state index in [2.05, 4.69) is 10.1 Å². The number of aryl methyl sites for hydroxylation is 1. The van der Waals surface area contributed by atoms with Gasteiger partial charge >= 0.3 is 0 Å². The van der Waals surface area contributed by atoms with Crippen LogP contribution in [0.3, 0.4) is 0 Å². The number of aromatic nitrogens is 4. The summed E-state index contributed by atoms with van der Waals surface area (Å²) in [6.07, 6.45) is 7.13. The lowest BCUT2D eigenvalue weighted by Gasteiger charge is -2.34. The largest absolute Gasteiger partial charge is 0.334 e. The highest BCUT2D eigenvalue weighted by atomic mass is 32.2. The van der Waals surface area contributed by atoms with E-state index in [4.69, 9.17) is 0 Å². The lowest BCUT2D eigenvalue weighted by Crippen LogP contribution is -2.49. The molecule has 10 heteroatoms. The maximum atomic E-state index is 13.1. The third-order valence-corrected chi connectivity index (χ3v) is 7.38. The predicted molar refractivity (Wildman–Crippen MR) is 98.9 cm³/mol. The highest BCUT2D eigenvalue weighted by Crippen LogP contribution is 2.29. The number of nitrogens with zero attached hydrogens (tertiary/aromatic N) is 5. The van der Waals surface area contributed by atoms with E-state index in [-0.39, 0.29) is 41.6 Å². The average molecular weight is 393 g/mol. The Balaban J connectivity index is 1.62. The maximum Gasteiger partial charge on any atom is 0.264 e. The molecule has 1 saturated heterocycles. The van der Waals surface area contributed by atoms with Gasteiger partial charge in [-0.1, -0.05) is 12.8 Å². The van der Waals surface area contributed by atoms with Crippen molar-refractivity contribution in [1.82, 2.24) is 24.2 Å². The zero-order valence-electron chi connectivity index (χ0n) is 15.2. The van der Waals surface area contributed by atoms with Crippen LogP contribution in [0.1, 0.15) is 32.1 Å². The molecule has 2 aromatic rings. The summed E-state index contributed by atoms with van der Waals surface area (Å²) in [6.45, 7) is -0.135. The van der Waals surface area contributed by atoms with Crippen LogP contribution in [-0.2, 0) is 28.2 Å². The molecule has 0 aromatic carbocycles.